The van der Waals surface area contributed by atoms with Crippen LogP contribution >= 0.6 is 0 Å². The van der Waals surface area contributed by atoms with Crippen molar-refractivity contribution < 1.29 is 18.6 Å². The van der Waals surface area contributed by atoms with Crippen LogP contribution in [-0.2, 0) is 18.6 Å². The first kappa shape index (κ1) is 23.5. The van der Waals surface area contributed by atoms with Gasteiger partial charge in [-0.1, -0.05) is 0 Å². The first-order chi connectivity index (χ1) is 1.00. The zero-order valence-corrected chi connectivity index (χ0v) is 4.55. The maximum absolute atomic E-state index is 3.25. The van der Waals surface area contributed by atoms with E-state index in [0.29, 0.717) is 0 Å². The van der Waals surface area contributed by atoms with Crippen LogP contribution in [0.4, 0.5) is 0 Å². The van der Waals surface area contributed by atoms with Crippen LogP contribution in [0.5, 0.6) is 0 Å². The first-order valence-electron chi connectivity index (χ1n) is 0.707. The Kier molecular flexibility index (Phi) is 411. The molecule has 0 aliphatic carbocycles. The molecule has 0 atom stereocenters. The van der Waals surface area contributed by atoms with E-state index >= 15 is 0 Å². The van der Waals surface area contributed by atoms with Crippen LogP contribution in [0, 0.1) is 14.4 Å². The standard InChI is InChI=1S/C2H5.CH3.V/c1-2;;/h1H2,2H3;1H3;/q2*-1;+2. The summed E-state index contributed by atoms with van der Waals surface area (Å²) in [4.78, 5) is 0. The zero-order valence-electron chi connectivity index (χ0n) is 3.15. The number of rotatable bonds is 0. The summed E-state index contributed by atoms with van der Waals surface area (Å²) < 4.78 is 0. The Morgan fingerprint density at radius 3 is 1.25 bits per heavy atom. The molecular weight excluding hydrogens is 87.0 g/mol. The van der Waals surface area contributed by atoms with Gasteiger partial charge in [-0.25, -0.2) is 0 Å². The van der Waals surface area contributed by atoms with E-state index in [0.717, 1.165) is 0 Å². The van der Waals surface area contributed by atoms with E-state index in [4.69, 9.17) is 0 Å². The van der Waals surface area contributed by atoms with Crippen molar-refractivity contribution >= 4 is 0 Å². The third-order valence-electron chi connectivity index (χ3n) is 0. The molecule has 0 aromatic carbocycles. The van der Waals surface area contributed by atoms with Gasteiger partial charge in [0.1, 0.15) is 0 Å². The van der Waals surface area contributed by atoms with Crippen molar-refractivity contribution in [3.63, 3.8) is 0 Å². The maximum Gasteiger partial charge on any atom is 2.00 e. The van der Waals surface area contributed by atoms with Crippen molar-refractivity contribution in [1.29, 1.82) is 0 Å². The molecule has 0 aromatic rings. The molecule has 0 saturated carbocycles. The summed E-state index contributed by atoms with van der Waals surface area (Å²) in [5.41, 5.74) is 0. The number of hydrogen-bond donors (Lipinski definition) is 0. The van der Waals surface area contributed by atoms with E-state index in [2.05, 4.69) is 6.92 Å². The predicted molar refractivity (Wildman–Crippen MR) is 17.4 cm³/mol. The van der Waals surface area contributed by atoms with Crippen LogP contribution in [0.3, 0.4) is 0 Å². The third kappa shape index (κ3) is 19.0. The zero-order chi connectivity index (χ0) is 2.00. The van der Waals surface area contributed by atoms with Gasteiger partial charge in [0.2, 0.25) is 0 Å². The second-order valence-corrected chi connectivity index (χ2v) is 0. The van der Waals surface area contributed by atoms with Gasteiger partial charge in [0.25, 0.3) is 0 Å². The Morgan fingerprint density at radius 2 is 1.25 bits per heavy atom. The van der Waals surface area contributed by atoms with Gasteiger partial charge < -0.3 is 14.4 Å². The molecule has 0 aliphatic heterocycles. The summed E-state index contributed by atoms with van der Waals surface area (Å²) >= 11 is 0. The Morgan fingerprint density at radius 1 is 1.25 bits per heavy atom. The molecule has 1 heteroatoms. The topological polar surface area (TPSA) is 0 Å². The average molecular weight is 95.0 g/mol. The van der Waals surface area contributed by atoms with E-state index in [1.54, 1.807) is 6.92 Å². The minimum absolute atomic E-state index is 0. The van der Waals surface area contributed by atoms with E-state index in [9.17, 15) is 0 Å². The van der Waals surface area contributed by atoms with Crippen LogP contribution in [-0.4, -0.2) is 0 Å². The van der Waals surface area contributed by atoms with Gasteiger partial charge in [-0.15, -0.1) is 0 Å². The van der Waals surface area contributed by atoms with E-state index in [1.807, 2.05) is 0 Å². The van der Waals surface area contributed by atoms with Crippen LogP contribution in [0.1, 0.15) is 6.92 Å². The Hall–Kier alpha value is 0.584. The van der Waals surface area contributed by atoms with Crippen LogP contribution < -0.4 is 0 Å². The average Bonchev–Trinajstić information content (AvgIpc) is 1.00. The van der Waals surface area contributed by atoms with Gasteiger partial charge in [-0.2, -0.15) is 6.92 Å². The predicted octanol–water partition coefficient (Wildman–Crippen LogP) is 1.29. The van der Waals surface area contributed by atoms with Crippen LogP contribution in [0.15, 0.2) is 0 Å². The molecule has 0 unspecified atom stereocenters. The summed E-state index contributed by atoms with van der Waals surface area (Å²) in [5, 5.41) is 0. The fourth-order valence-corrected chi connectivity index (χ4v) is 0. The van der Waals surface area contributed by atoms with E-state index < -0.39 is 0 Å². The Bertz CT molecular complexity index is 3.25. The third-order valence-corrected chi connectivity index (χ3v) is 0. The smallest absolute Gasteiger partial charge is 0.358 e. The first-order valence-corrected chi connectivity index (χ1v) is 0.707. The van der Waals surface area contributed by atoms with E-state index in [-0.39, 0.29) is 26.0 Å². The molecule has 0 aromatic heterocycles. The Labute approximate surface area is 40.5 Å². The van der Waals surface area contributed by atoms with Gasteiger partial charge in [0, 0.05) is 0 Å². The van der Waals surface area contributed by atoms with E-state index in [1.165, 1.54) is 0 Å². The van der Waals surface area contributed by atoms with Gasteiger partial charge in [-0.05, 0) is 0 Å². The minimum Gasteiger partial charge on any atom is -0.358 e. The molecule has 0 amide bonds. The van der Waals surface area contributed by atoms with Crippen molar-refractivity contribution in [2.45, 2.75) is 6.92 Å². The molecule has 0 bridgehead atoms. The molecule has 0 fully saturated rings. The molecular formula is C3H8V. The fourth-order valence-electron chi connectivity index (χ4n) is 0. The molecule has 0 saturated heterocycles. The molecule has 0 rings (SSSR count). The van der Waals surface area contributed by atoms with Crippen molar-refractivity contribution in [2.24, 2.45) is 0 Å². The van der Waals surface area contributed by atoms with Crippen LogP contribution in [0.2, 0.25) is 0 Å². The Balaban J connectivity index is -0.00000000500. The summed E-state index contributed by atoms with van der Waals surface area (Å²) in [6.45, 7) is 5.00. The van der Waals surface area contributed by atoms with Gasteiger partial charge >= 0.3 is 18.6 Å². The molecule has 1 radical (unpaired) electrons. The molecule has 0 N–H and O–H groups in total. The van der Waals surface area contributed by atoms with Crippen molar-refractivity contribution in [1.82, 2.24) is 0 Å². The largest absolute Gasteiger partial charge is 2.00 e. The van der Waals surface area contributed by atoms with Crippen molar-refractivity contribution in [3.05, 3.63) is 14.4 Å². The second kappa shape index (κ2) is 70.1. The minimum atomic E-state index is 0. The maximum atomic E-state index is 3.25. The van der Waals surface area contributed by atoms with Crippen molar-refractivity contribution in [2.75, 3.05) is 0 Å². The number of hydrogen-bond acceptors (Lipinski definition) is 0. The summed E-state index contributed by atoms with van der Waals surface area (Å²) in [5.74, 6) is 0. The normalized spacial score (nSPS) is 1.50. The van der Waals surface area contributed by atoms with Gasteiger partial charge in [0.15, 0.2) is 0 Å². The summed E-state index contributed by atoms with van der Waals surface area (Å²) in [6, 6.07) is 0. The monoisotopic (exact) mass is 95.0 g/mol. The molecule has 0 heterocycles. The molecule has 0 aliphatic rings. The fraction of sp³-hybridized carbons (Fsp3) is 0.333. The van der Waals surface area contributed by atoms with Gasteiger partial charge in [0.05, 0.1) is 0 Å². The molecule has 25 valence electrons. The quantitative estimate of drug-likeness (QED) is 0.397. The molecule has 0 nitrogen and oxygen atoms in total. The molecule has 0 spiro atoms. The summed E-state index contributed by atoms with van der Waals surface area (Å²) in [7, 11) is 0. The summed E-state index contributed by atoms with van der Waals surface area (Å²) in [6.07, 6.45) is 0. The SMILES string of the molecule is [CH2-]C.[CH3-].[V+2]. The molecule has 4 heavy (non-hydrogen) atoms. The van der Waals surface area contributed by atoms with Crippen molar-refractivity contribution in [3.8, 4) is 0 Å². The van der Waals surface area contributed by atoms with Gasteiger partial charge in [-0.3, -0.25) is 0 Å². The van der Waals surface area contributed by atoms with Crippen LogP contribution in [0.25, 0.3) is 0 Å². The second-order valence-electron chi connectivity index (χ2n) is 0.